The predicted molar refractivity (Wildman–Crippen MR) is 77.9 cm³/mol. The molecule has 1 saturated heterocycles. The van der Waals surface area contributed by atoms with Gasteiger partial charge in [0, 0.05) is 30.5 Å². The molecule has 1 N–H and O–H groups in total. The van der Waals surface area contributed by atoms with E-state index in [1.165, 1.54) is 13.2 Å². The predicted octanol–water partition coefficient (Wildman–Crippen LogP) is 2.21. The summed E-state index contributed by atoms with van der Waals surface area (Å²) in [6.45, 7) is 3.95. The van der Waals surface area contributed by atoms with Crippen molar-refractivity contribution in [2.24, 2.45) is 0 Å². The smallest absolute Gasteiger partial charge is 0.311 e. The summed E-state index contributed by atoms with van der Waals surface area (Å²) in [5.41, 5.74) is 0.714. The standard InChI is InChI=1S/C14H20N2O5/c1-10(8-21-12-5-6-20-9-12)15-11-3-4-13(16(17)18)14(7-11)19-2/h3-4,7,10,12,15H,5-6,8-9H2,1-2H3. The van der Waals surface area contributed by atoms with Crippen LogP contribution in [0, 0.1) is 10.1 Å². The third-order valence-electron chi connectivity index (χ3n) is 3.26. The molecule has 0 aromatic heterocycles. The van der Waals surface area contributed by atoms with Crippen molar-refractivity contribution in [3.05, 3.63) is 28.3 Å². The van der Waals surface area contributed by atoms with Gasteiger partial charge >= 0.3 is 5.69 Å². The maximum absolute atomic E-state index is 10.8. The number of nitrogens with one attached hydrogen (secondary N) is 1. The number of methoxy groups -OCH3 is 1. The van der Waals surface area contributed by atoms with Crippen LogP contribution in [0.25, 0.3) is 0 Å². The average Bonchev–Trinajstić information content (AvgIpc) is 2.98. The van der Waals surface area contributed by atoms with Gasteiger partial charge < -0.3 is 19.5 Å². The van der Waals surface area contributed by atoms with Crippen molar-refractivity contribution in [1.82, 2.24) is 0 Å². The molecular formula is C14H20N2O5. The lowest BCUT2D eigenvalue weighted by Gasteiger charge is -2.18. The van der Waals surface area contributed by atoms with Gasteiger partial charge in [-0.2, -0.15) is 0 Å². The monoisotopic (exact) mass is 296 g/mol. The molecule has 7 nitrogen and oxygen atoms in total. The number of nitro benzene ring substituents is 1. The first kappa shape index (κ1) is 15.5. The molecule has 116 valence electrons. The van der Waals surface area contributed by atoms with E-state index in [9.17, 15) is 10.1 Å². The molecule has 0 spiro atoms. The van der Waals surface area contributed by atoms with Crippen molar-refractivity contribution < 1.29 is 19.1 Å². The third kappa shape index (κ3) is 4.30. The van der Waals surface area contributed by atoms with Crippen LogP contribution in [0.5, 0.6) is 5.75 Å². The van der Waals surface area contributed by atoms with Crippen molar-refractivity contribution in [2.45, 2.75) is 25.5 Å². The molecule has 1 fully saturated rings. The van der Waals surface area contributed by atoms with Crippen LogP contribution >= 0.6 is 0 Å². The van der Waals surface area contributed by atoms with Crippen molar-refractivity contribution in [2.75, 3.05) is 32.2 Å². The molecular weight excluding hydrogens is 276 g/mol. The van der Waals surface area contributed by atoms with E-state index in [1.54, 1.807) is 12.1 Å². The largest absolute Gasteiger partial charge is 0.490 e. The number of hydrogen-bond acceptors (Lipinski definition) is 6. The van der Waals surface area contributed by atoms with Gasteiger partial charge in [-0.15, -0.1) is 0 Å². The van der Waals surface area contributed by atoms with Crippen molar-refractivity contribution in [3.8, 4) is 5.75 Å². The van der Waals surface area contributed by atoms with E-state index in [1.807, 2.05) is 6.92 Å². The summed E-state index contributed by atoms with van der Waals surface area (Å²) in [5, 5.41) is 14.1. The number of benzene rings is 1. The zero-order valence-corrected chi connectivity index (χ0v) is 12.2. The number of anilines is 1. The second kappa shape index (κ2) is 7.24. The Balaban J connectivity index is 1.90. The topological polar surface area (TPSA) is 82.9 Å². The average molecular weight is 296 g/mol. The lowest BCUT2D eigenvalue weighted by atomic mass is 10.2. The lowest BCUT2D eigenvalue weighted by molar-refractivity contribution is -0.385. The number of rotatable bonds is 7. The molecule has 0 aliphatic carbocycles. The molecule has 7 heteroatoms. The Hall–Kier alpha value is -1.86. The summed E-state index contributed by atoms with van der Waals surface area (Å²) in [7, 11) is 1.42. The molecule has 2 unspecified atom stereocenters. The first-order chi connectivity index (χ1) is 10.1. The Kier molecular flexibility index (Phi) is 5.35. The molecule has 2 rings (SSSR count). The number of ether oxygens (including phenoxy) is 3. The highest BCUT2D eigenvalue weighted by molar-refractivity contribution is 5.58. The van der Waals surface area contributed by atoms with Crippen LogP contribution in [-0.4, -0.2) is 44.0 Å². The summed E-state index contributed by atoms with van der Waals surface area (Å²) in [5.74, 6) is 0.238. The minimum atomic E-state index is -0.463. The maximum Gasteiger partial charge on any atom is 0.311 e. The van der Waals surface area contributed by atoms with Gasteiger partial charge in [0.25, 0.3) is 0 Å². The molecule has 1 aliphatic rings. The quantitative estimate of drug-likeness (QED) is 0.613. The van der Waals surface area contributed by atoms with E-state index < -0.39 is 4.92 Å². The van der Waals surface area contributed by atoms with Crippen LogP contribution in [0.15, 0.2) is 18.2 Å². The SMILES string of the molecule is COc1cc(NC(C)COC2CCOC2)ccc1[N+](=O)[O-]. The van der Waals surface area contributed by atoms with E-state index >= 15 is 0 Å². The highest BCUT2D eigenvalue weighted by Crippen LogP contribution is 2.29. The van der Waals surface area contributed by atoms with E-state index in [0.717, 1.165) is 18.7 Å². The Labute approximate surface area is 123 Å². The highest BCUT2D eigenvalue weighted by atomic mass is 16.6. The zero-order chi connectivity index (χ0) is 15.2. The van der Waals surface area contributed by atoms with Gasteiger partial charge in [0.1, 0.15) is 0 Å². The molecule has 1 aromatic rings. The molecule has 0 radical (unpaired) electrons. The Morgan fingerprint density at radius 1 is 1.57 bits per heavy atom. The fourth-order valence-electron chi connectivity index (χ4n) is 2.17. The Morgan fingerprint density at radius 3 is 3.00 bits per heavy atom. The van der Waals surface area contributed by atoms with Gasteiger partial charge in [-0.25, -0.2) is 0 Å². The molecule has 1 aromatic carbocycles. The fraction of sp³-hybridized carbons (Fsp3) is 0.571. The number of nitro groups is 1. The van der Waals surface area contributed by atoms with Gasteiger partial charge in [-0.3, -0.25) is 10.1 Å². The Bertz CT molecular complexity index is 488. The van der Waals surface area contributed by atoms with Crippen LogP contribution in [0.4, 0.5) is 11.4 Å². The lowest BCUT2D eigenvalue weighted by Crippen LogP contribution is -2.25. The molecule has 1 heterocycles. The van der Waals surface area contributed by atoms with Crippen molar-refractivity contribution in [1.29, 1.82) is 0 Å². The summed E-state index contributed by atoms with van der Waals surface area (Å²) >= 11 is 0. The second-order valence-electron chi connectivity index (χ2n) is 5.01. The molecule has 0 bridgehead atoms. The maximum atomic E-state index is 10.8. The van der Waals surface area contributed by atoms with E-state index in [-0.39, 0.29) is 23.6 Å². The molecule has 2 atom stereocenters. The van der Waals surface area contributed by atoms with Crippen molar-refractivity contribution in [3.63, 3.8) is 0 Å². The molecule has 1 aliphatic heterocycles. The van der Waals surface area contributed by atoms with E-state index in [0.29, 0.717) is 13.2 Å². The summed E-state index contributed by atoms with van der Waals surface area (Å²) in [4.78, 5) is 10.4. The minimum absolute atomic E-state index is 0.0462. The van der Waals surface area contributed by atoms with Gasteiger partial charge in [-0.1, -0.05) is 0 Å². The minimum Gasteiger partial charge on any atom is -0.490 e. The van der Waals surface area contributed by atoms with Gasteiger partial charge in [0.05, 0.1) is 31.4 Å². The van der Waals surface area contributed by atoms with Crippen LogP contribution in [0.2, 0.25) is 0 Å². The fourth-order valence-corrected chi connectivity index (χ4v) is 2.17. The highest BCUT2D eigenvalue weighted by Gasteiger charge is 2.18. The third-order valence-corrected chi connectivity index (χ3v) is 3.26. The van der Waals surface area contributed by atoms with Gasteiger partial charge in [-0.05, 0) is 19.4 Å². The summed E-state index contributed by atoms with van der Waals surface area (Å²) < 4.78 is 16.0. The molecule has 0 amide bonds. The molecule has 21 heavy (non-hydrogen) atoms. The van der Waals surface area contributed by atoms with Crippen molar-refractivity contribution >= 4 is 11.4 Å². The zero-order valence-electron chi connectivity index (χ0n) is 12.2. The number of nitrogens with zero attached hydrogens (tertiary/aromatic N) is 1. The molecule has 0 saturated carbocycles. The van der Waals surface area contributed by atoms with E-state index in [2.05, 4.69) is 5.32 Å². The Morgan fingerprint density at radius 2 is 2.38 bits per heavy atom. The van der Waals surface area contributed by atoms with Crippen LogP contribution < -0.4 is 10.1 Å². The summed E-state index contributed by atoms with van der Waals surface area (Å²) in [6.07, 6.45) is 1.10. The second-order valence-corrected chi connectivity index (χ2v) is 5.01. The summed E-state index contributed by atoms with van der Waals surface area (Å²) in [6, 6.07) is 4.79. The van der Waals surface area contributed by atoms with Crippen LogP contribution in [-0.2, 0) is 9.47 Å². The van der Waals surface area contributed by atoms with E-state index in [4.69, 9.17) is 14.2 Å². The normalized spacial score (nSPS) is 19.2. The first-order valence-electron chi connectivity index (χ1n) is 6.88. The van der Waals surface area contributed by atoms with Gasteiger partial charge in [0.2, 0.25) is 0 Å². The van der Waals surface area contributed by atoms with Gasteiger partial charge in [0.15, 0.2) is 5.75 Å². The number of hydrogen-bond donors (Lipinski definition) is 1. The van der Waals surface area contributed by atoms with Crippen LogP contribution in [0.1, 0.15) is 13.3 Å². The van der Waals surface area contributed by atoms with Crippen LogP contribution in [0.3, 0.4) is 0 Å². The first-order valence-corrected chi connectivity index (χ1v) is 6.88.